The molecule has 0 unspecified atom stereocenters. The fraction of sp³-hybridized carbons (Fsp3) is 0.364. The lowest BCUT2D eigenvalue weighted by atomic mass is 10.2. The number of hydrogen-bond acceptors (Lipinski definition) is 6. The van der Waals surface area contributed by atoms with Gasteiger partial charge in [0.25, 0.3) is 0 Å². The van der Waals surface area contributed by atoms with Crippen LogP contribution in [-0.2, 0) is 14.8 Å². The normalized spacial score (nSPS) is 13.1. The Bertz CT molecular complexity index is 528. The molecule has 0 aromatic heterocycles. The van der Waals surface area contributed by atoms with Gasteiger partial charge in [-0.05, 0) is 42.7 Å². The van der Waals surface area contributed by atoms with Crippen molar-refractivity contribution in [3.8, 4) is 0 Å². The minimum absolute atomic E-state index is 0.0305. The van der Waals surface area contributed by atoms with Gasteiger partial charge in [0.15, 0.2) is 0 Å². The quantitative estimate of drug-likeness (QED) is 0.652. The molecule has 6 nitrogen and oxygen atoms in total. The van der Waals surface area contributed by atoms with Crippen LogP contribution in [0.25, 0.3) is 0 Å². The summed E-state index contributed by atoms with van der Waals surface area (Å²) in [7, 11) is -3.89. The third-order valence-electron chi connectivity index (χ3n) is 2.38. The summed E-state index contributed by atoms with van der Waals surface area (Å²) in [4.78, 5) is 10.9. The van der Waals surface area contributed by atoms with E-state index in [1.54, 1.807) is 6.26 Å². The highest BCUT2D eigenvalue weighted by molar-refractivity contribution is 7.98. The van der Waals surface area contributed by atoms with Gasteiger partial charge in [-0.2, -0.15) is 11.8 Å². The van der Waals surface area contributed by atoms with E-state index >= 15 is 0 Å². The van der Waals surface area contributed by atoms with Gasteiger partial charge in [0.2, 0.25) is 10.0 Å². The van der Waals surface area contributed by atoms with Crippen LogP contribution in [0.4, 0.5) is 5.69 Å². The van der Waals surface area contributed by atoms with E-state index in [1.165, 1.54) is 36.0 Å². The van der Waals surface area contributed by atoms with E-state index in [0.717, 1.165) is 0 Å². The number of aliphatic carboxylic acids is 1. The van der Waals surface area contributed by atoms with Gasteiger partial charge in [-0.15, -0.1) is 0 Å². The van der Waals surface area contributed by atoms with Gasteiger partial charge >= 0.3 is 0 Å². The predicted molar refractivity (Wildman–Crippen MR) is 73.0 cm³/mol. The molecule has 106 valence electrons. The summed E-state index contributed by atoms with van der Waals surface area (Å²) < 4.78 is 26.1. The lowest BCUT2D eigenvalue weighted by Gasteiger charge is -2.19. The van der Waals surface area contributed by atoms with Crippen molar-refractivity contribution >= 4 is 33.4 Å². The molecule has 0 bridgehead atoms. The lowest BCUT2D eigenvalue weighted by molar-refractivity contribution is -0.308. The highest BCUT2D eigenvalue weighted by Crippen LogP contribution is 2.13. The molecule has 1 aromatic rings. The number of carboxylic acid groups (broad SMARTS) is 1. The average molecular weight is 303 g/mol. The van der Waals surface area contributed by atoms with E-state index in [-0.39, 0.29) is 11.3 Å². The summed E-state index contributed by atoms with van der Waals surface area (Å²) >= 11 is 1.43. The van der Waals surface area contributed by atoms with Crippen molar-refractivity contribution in [3.05, 3.63) is 24.3 Å². The Balaban J connectivity index is 2.87. The molecule has 1 aromatic carbocycles. The molecule has 0 aliphatic carbocycles. The van der Waals surface area contributed by atoms with E-state index < -0.39 is 22.0 Å². The molecule has 19 heavy (non-hydrogen) atoms. The number of benzene rings is 1. The summed E-state index contributed by atoms with van der Waals surface area (Å²) in [6, 6.07) is 4.27. The second-order valence-corrected chi connectivity index (χ2v) is 6.54. The number of thioether (sulfide) groups is 1. The van der Waals surface area contributed by atoms with E-state index in [4.69, 9.17) is 5.73 Å². The summed E-state index contributed by atoms with van der Waals surface area (Å²) in [6.07, 6.45) is 1.97. The van der Waals surface area contributed by atoms with Crippen LogP contribution in [0.3, 0.4) is 0 Å². The van der Waals surface area contributed by atoms with Crippen LogP contribution in [-0.4, -0.2) is 32.4 Å². The highest BCUT2D eigenvalue weighted by atomic mass is 32.2. The molecule has 0 spiro atoms. The van der Waals surface area contributed by atoms with Crippen molar-refractivity contribution in [2.45, 2.75) is 17.4 Å². The molecule has 0 fully saturated rings. The lowest BCUT2D eigenvalue weighted by Crippen LogP contribution is -2.48. The van der Waals surface area contributed by atoms with Crippen LogP contribution in [0.5, 0.6) is 0 Å². The monoisotopic (exact) mass is 303 g/mol. The Hall–Kier alpha value is -1.25. The van der Waals surface area contributed by atoms with Gasteiger partial charge in [-0.3, -0.25) is 0 Å². The molecule has 0 radical (unpaired) electrons. The number of nitrogen functional groups attached to an aromatic ring is 1. The Kier molecular flexibility index (Phi) is 5.64. The average Bonchev–Trinajstić information content (AvgIpc) is 2.34. The fourth-order valence-electron chi connectivity index (χ4n) is 1.36. The first-order valence-electron chi connectivity index (χ1n) is 5.44. The molecule has 3 N–H and O–H groups in total. The van der Waals surface area contributed by atoms with Gasteiger partial charge in [-0.1, -0.05) is 0 Å². The number of rotatable bonds is 7. The second-order valence-electron chi connectivity index (χ2n) is 3.84. The number of carboxylic acids is 1. The van der Waals surface area contributed by atoms with Crippen LogP contribution >= 0.6 is 11.8 Å². The molecule has 0 amide bonds. The Labute approximate surface area is 116 Å². The Morgan fingerprint density at radius 1 is 1.42 bits per heavy atom. The molecule has 0 aliphatic heterocycles. The molecule has 0 saturated heterocycles. The number of anilines is 1. The molecule has 0 heterocycles. The van der Waals surface area contributed by atoms with Crippen LogP contribution in [0, 0.1) is 0 Å². The van der Waals surface area contributed by atoms with Crippen LogP contribution in [0.1, 0.15) is 6.42 Å². The molecule has 0 saturated carbocycles. The standard InChI is InChI=1S/C11H16N2O4S2/c1-18-7-6-10(11(14)15)13-19(16,17)9-4-2-8(12)3-5-9/h2-5,10,13H,6-7,12H2,1H3,(H,14,15)/p-1/t10-/m0/s1. The summed E-state index contributed by atoms with van der Waals surface area (Å²) in [5.41, 5.74) is 5.89. The number of nitrogens with one attached hydrogen (secondary N) is 1. The Morgan fingerprint density at radius 3 is 2.47 bits per heavy atom. The number of sulfonamides is 1. The minimum Gasteiger partial charge on any atom is -0.548 e. The van der Waals surface area contributed by atoms with E-state index in [2.05, 4.69) is 4.72 Å². The van der Waals surface area contributed by atoms with Crippen molar-refractivity contribution < 1.29 is 18.3 Å². The Morgan fingerprint density at radius 2 is 2.00 bits per heavy atom. The van der Waals surface area contributed by atoms with Crippen molar-refractivity contribution in [2.75, 3.05) is 17.7 Å². The third kappa shape index (κ3) is 4.73. The predicted octanol–water partition coefficient (Wildman–Crippen LogP) is -0.581. The van der Waals surface area contributed by atoms with Crippen molar-refractivity contribution in [1.82, 2.24) is 4.72 Å². The first-order valence-corrected chi connectivity index (χ1v) is 8.32. The number of hydrogen-bond donors (Lipinski definition) is 2. The van der Waals surface area contributed by atoms with Crippen molar-refractivity contribution in [1.29, 1.82) is 0 Å². The maximum atomic E-state index is 12.0. The SMILES string of the molecule is CSCC[C@H](NS(=O)(=O)c1ccc(N)cc1)C(=O)[O-]. The highest BCUT2D eigenvalue weighted by Gasteiger charge is 2.20. The van der Waals surface area contributed by atoms with Crippen molar-refractivity contribution in [2.24, 2.45) is 0 Å². The zero-order valence-electron chi connectivity index (χ0n) is 10.3. The molecule has 0 aliphatic rings. The summed E-state index contributed by atoms with van der Waals surface area (Å²) in [5, 5.41) is 10.9. The van der Waals surface area contributed by atoms with E-state index in [1.807, 2.05) is 0 Å². The maximum absolute atomic E-state index is 12.0. The third-order valence-corrected chi connectivity index (χ3v) is 4.51. The van der Waals surface area contributed by atoms with Gasteiger partial charge in [0.1, 0.15) is 0 Å². The maximum Gasteiger partial charge on any atom is 0.241 e. The topological polar surface area (TPSA) is 112 Å². The molecular formula is C11H15N2O4S2-. The van der Waals surface area contributed by atoms with Crippen molar-refractivity contribution in [3.63, 3.8) is 0 Å². The zero-order chi connectivity index (χ0) is 14.5. The van der Waals surface area contributed by atoms with E-state index in [9.17, 15) is 18.3 Å². The largest absolute Gasteiger partial charge is 0.548 e. The number of carbonyl (C=O) groups is 1. The second kappa shape index (κ2) is 6.78. The molecule has 1 rings (SSSR count). The van der Waals surface area contributed by atoms with Crippen LogP contribution < -0.4 is 15.6 Å². The number of nitrogens with two attached hydrogens (primary N) is 1. The van der Waals surface area contributed by atoms with Gasteiger partial charge < -0.3 is 15.6 Å². The minimum atomic E-state index is -3.89. The fourth-order valence-corrected chi connectivity index (χ4v) is 3.05. The van der Waals surface area contributed by atoms with Gasteiger partial charge in [0.05, 0.1) is 16.9 Å². The first-order chi connectivity index (χ1) is 8.86. The van der Waals surface area contributed by atoms with Gasteiger partial charge in [-0.25, -0.2) is 13.1 Å². The summed E-state index contributed by atoms with van der Waals surface area (Å²) in [6.45, 7) is 0. The molecule has 1 atom stereocenters. The van der Waals surface area contributed by atoms with Crippen LogP contribution in [0.2, 0.25) is 0 Å². The molecular weight excluding hydrogens is 288 g/mol. The number of carbonyl (C=O) groups excluding carboxylic acids is 1. The smallest absolute Gasteiger partial charge is 0.241 e. The van der Waals surface area contributed by atoms with Crippen LogP contribution in [0.15, 0.2) is 29.2 Å². The summed E-state index contributed by atoms with van der Waals surface area (Å²) in [5.74, 6) is -0.920. The van der Waals surface area contributed by atoms with Gasteiger partial charge in [0, 0.05) is 5.69 Å². The van der Waals surface area contributed by atoms with E-state index in [0.29, 0.717) is 11.4 Å². The first kappa shape index (κ1) is 15.8. The zero-order valence-corrected chi connectivity index (χ0v) is 12.0. The molecule has 8 heteroatoms.